The number of benzene rings is 2. The number of ether oxygens (including phenoxy) is 2. The number of carbonyl (C=O) groups is 3. The van der Waals surface area contributed by atoms with Gasteiger partial charge in [0.15, 0.2) is 0 Å². The van der Waals surface area contributed by atoms with Gasteiger partial charge in [-0.1, -0.05) is 18.2 Å². The van der Waals surface area contributed by atoms with E-state index in [1.807, 2.05) is 6.07 Å². The van der Waals surface area contributed by atoms with Crippen molar-refractivity contribution in [2.24, 2.45) is 0 Å². The zero-order valence-corrected chi connectivity index (χ0v) is 18.3. The minimum Gasteiger partial charge on any atom is -0.497 e. The summed E-state index contributed by atoms with van der Waals surface area (Å²) >= 11 is 0. The Balaban J connectivity index is 1.81. The van der Waals surface area contributed by atoms with Crippen molar-refractivity contribution in [3.05, 3.63) is 59.7 Å². The van der Waals surface area contributed by atoms with Crippen LogP contribution in [-0.2, 0) is 16.1 Å². The number of anilines is 1. The summed E-state index contributed by atoms with van der Waals surface area (Å²) < 4.78 is 10.3. The molecule has 0 heterocycles. The molecule has 0 aliphatic rings. The third-order valence-electron chi connectivity index (χ3n) is 4.02. The first kappa shape index (κ1) is 23.7. The van der Waals surface area contributed by atoms with Crippen molar-refractivity contribution in [3.63, 3.8) is 0 Å². The summed E-state index contributed by atoms with van der Waals surface area (Å²) in [5.74, 6) is 0.147. The average molecular weight is 428 g/mol. The molecule has 0 unspecified atom stereocenters. The molecule has 0 saturated carbocycles. The number of amides is 3. The molecule has 2 rings (SSSR count). The third-order valence-corrected chi connectivity index (χ3v) is 4.02. The van der Waals surface area contributed by atoms with Crippen molar-refractivity contribution >= 4 is 23.6 Å². The zero-order valence-electron chi connectivity index (χ0n) is 18.3. The minimum atomic E-state index is -0.589. The van der Waals surface area contributed by atoms with Crippen LogP contribution in [0.1, 0.15) is 43.1 Å². The van der Waals surface area contributed by atoms with Gasteiger partial charge in [0.1, 0.15) is 11.4 Å². The number of alkyl carbamates (subject to hydrolysis) is 1. The van der Waals surface area contributed by atoms with Gasteiger partial charge in [-0.3, -0.25) is 9.59 Å². The first-order valence-electron chi connectivity index (χ1n) is 9.94. The lowest BCUT2D eigenvalue weighted by molar-refractivity contribution is -0.116. The minimum absolute atomic E-state index is 0.107. The molecular formula is C23H29N3O5. The maximum Gasteiger partial charge on any atom is 0.407 e. The van der Waals surface area contributed by atoms with Crippen LogP contribution in [0.2, 0.25) is 0 Å². The van der Waals surface area contributed by atoms with E-state index < -0.39 is 11.7 Å². The Hall–Kier alpha value is -3.55. The summed E-state index contributed by atoms with van der Waals surface area (Å²) in [6.45, 7) is 5.78. The Kier molecular flexibility index (Phi) is 8.43. The van der Waals surface area contributed by atoms with Crippen LogP contribution in [0, 0.1) is 0 Å². The van der Waals surface area contributed by atoms with E-state index in [2.05, 4.69) is 16.0 Å². The van der Waals surface area contributed by atoms with E-state index in [0.29, 0.717) is 23.5 Å². The second-order valence-electron chi connectivity index (χ2n) is 7.84. The quantitative estimate of drug-likeness (QED) is 0.598. The Morgan fingerprint density at radius 2 is 1.71 bits per heavy atom. The van der Waals surface area contributed by atoms with Gasteiger partial charge in [-0.25, -0.2) is 4.79 Å². The van der Waals surface area contributed by atoms with Crippen LogP contribution in [0.3, 0.4) is 0 Å². The number of rotatable bonds is 8. The molecular weight excluding hydrogens is 398 g/mol. The van der Waals surface area contributed by atoms with Crippen LogP contribution in [0.25, 0.3) is 0 Å². The summed E-state index contributed by atoms with van der Waals surface area (Å²) in [4.78, 5) is 36.0. The van der Waals surface area contributed by atoms with Crippen molar-refractivity contribution < 1.29 is 23.9 Å². The van der Waals surface area contributed by atoms with Gasteiger partial charge in [0.2, 0.25) is 5.91 Å². The molecule has 31 heavy (non-hydrogen) atoms. The van der Waals surface area contributed by atoms with E-state index in [1.54, 1.807) is 70.3 Å². The van der Waals surface area contributed by atoms with Gasteiger partial charge in [0.25, 0.3) is 5.91 Å². The highest BCUT2D eigenvalue weighted by Gasteiger charge is 2.16. The Labute approximate surface area is 182 Å². The van der Waals surface area contributed by atoms with Gasteiger partial charge in [-0.05, 0) is 56.7 Å². The van der Waals surface area contributed by atoms with E-state index in [0.717, 1.165) is 5.56 Å². The number of hydrogen-bond acceptors (Lipinski definition) is 5. The fourth-order valence-electron chi connectivity index (χ4n) is 2.62. The standard InChI is InChI=1S/C23H29N3O5/c1-23(2,3)31-22(29)24-12-11-20(27)26-18-9-5-7-16(13-18)15-25-21(28)17-8-6-10-19(14-17)30-4/h5-10,13-14H,11-12,15H2,1-4H3,(H,24,29)(H,25,28)(H,26,27). The van der Waals surface area contributed by atoms with E-state index in [1.165, 1.54) is 0 Å². The first-order chi connectivity index (χ1) is 14.7. The van der Waals surface area contributed by atoms with Gasteiger partial charge >= 0.3 is 6.09 Å². The van der Waals surface area contributed by atoms with E-state index in [-0.39, 0.29) is 24.8 Å². The van der Waals surface area contributed by atoms with Crippen LogP contribution in [0.4, 0.5) is 10.5 Å². The zero-order chi connectivity index (χ0) is 22.9. The largest absolute Gasteiger partial charge is 0.497 e. The first-order valence-corrected chi connectivity index (χ1v) is 9.94. The maximum atomic E-state index is 12.3. The van der Waals surface area contributed by atoms with Crippen LogP contribution in [0.5, 0.6) is 5.75 Å². The van der Waals surface area contributed by atoms with Gasteiger partial charge in [0.05, 0.1) is 7.11 Å². The molecule has 0 fully saturated rings. The Morgan fingerprint density at radius 3 is 2.42 bits per heavy atom. The molecule has 3 N–H and O–H groups in total. The second kappa shape index (κ2) is 11.0. The van der Waals surface area contributed by atoms with Crippen LogP contribution >= 0.6 is 0 Å². The molecule has 0 radical (unpaired) electrons. The molecule has 8 nitrogen and oxygen atoms in total. The fourth-order valence-corrected chi connectivity index (χ4v) is 2.62. The molecule has 0 atom stereocenters. The lowest BCUT2D eigenvalue weighted by atomic mass is 10.1. The van der Waals surface area contributed by atoms with Gasteiger partial charge in [-0.2, -0.15) is 0 Å². The third kappa shape index (κ3) is 8.77. The highest BCUT2D eigenvalue weighted by molar-refractivity contribution is 5.94. The van der Waals surface area contributed by atoms with Gasteiger partial charge in [0, 0.05) is 30.8 Å². The molecule has 0 aromatic heterocycles. The summed E-state index contributed by atoms with van der Waals surface area (Å²) in [5.41, 5.74) is 1.35. The number of hydrogen-bond donors (Lipinski definition) is 3. The van der Waals surface area contributed by atoms with Crippen molar-refractivity contribution in [3.8, 4) is 5.75 Å². The van der Waals surface area contributed by atoms with E-state index >= 15 is 0 Å². The highest BCUT2D eigenvalue weighted by Crippen LogP contribution is 2.14. The van der Waals surface area contributed by atoms with Crippen molar-refractivity contribution in [2.45, 2.75) is 39.3 Å². The number of methoxy groups -OCH3 is 1. The lowest BCUT2D eigenvalue weighted by Crippen LogP contribution is -2.34. The molecule has 3 amide bonds. The molecule has 2 aromatic rings. The van der Waals surface area contributed by atoms with Crippen molar-refractivity contribution in [2.75, 3.05) is 19.0 Å². The van der Waals surface area contributed by atoms with Crippen molar-refractivity contribution in [1.29, 1.82) is 0 Å². The summed E-state index contributed by atoms with van der Waals surface area (Å²) in [5, 5.41) is 8.17. The van der Waals surface area contributed by atoms with Crippen LogP contribution in [-0.4, -0.2) is 37.2 Å². The predicted molar refractivity (Wildman–Crippen MR) is 118 cm³/mol. The average Bonchev–Trinajstić information content (AvgIpc) is 2.71. The Morgan fingerprint density at radius 1 is 0.968 bits per heavy atom. The number of nitrogens with one attached hydrogen (secondary N) is 3. The molecule has 0 aliphatic carbocycles. The van der Waals surface area contributed by atoms with Crippen LogP contribution in [0.15, 0.2) is 48.5 Å². The van der Waals surface area contributed by atoms with E-state index in [4.69, 9.17) is 9.47 Å². The monoisotopic (exact) mass is 427 g/mol. The normalized spacial score (nSPS) is 10.7. The summed E-state index contributed by atoms with van der Waals surface area (Å²) in [7, 11) is 1.55. The van der Waals surface area contributed by atoms with Gasteiger partial charge in [-0.15, -0.1) is 0 Å². The van der Waals surface area contributed by atoms with E-state index in [9.17, 15) is 14.4 Å². The second-order valence-corrected chi connectivity index (χ2v) is 7.84. The number of carbonyl (C=O) groups excluding carboxylic acids is 3. The smallest absolute Gasteiger partial charge is 0.407 e. The summed E-state index contributed by atoms with van der Waals surface area (Å²) in [6, 6.07) is 14.1. The fraction of sp³-hybridized carbons (Fsp3) is 0.348. The highest BCUT2D eigenvalue weighted by atomic mass is 16.6. The van der Waals surface area contributed by atoms with Crippen molar-refractivity contribution in [1.82, 2.24) is 10.6 Å². The predicted octanol–water partition coefficient (Wildman–Crippen LogP) is 3.48. The molecule has 0 bridgehead atoms. The molecule has 8 heteroatoms. The van der Waals surface area contributed by atoms with Gasteiger partial charge < -0.3 is 25.4 Å². The lowest BCUT2D eigenvalue weighted by Gasteiger charge is -2.19. The SMILES string of the molecule is COc1cccc(C(=O)NCc2cccc(NC(=O)CCNC(=O)OC(C)(C)C)c2)c1. The molecule has 166 valence electrons. The topological polar surface area (TPSA) is 106 Å². The maximum absolute atomic E-state index is 12.3. The Bertz CT molecular complexity index is 921. The molecule has 2 aromatic carbocycles. The molecule has 0 spiro atoms. The molecule has 0 saturated heterocycles. The van der Waals surface area contributed by atoms with Crippen LogP contribution < -0.4 is 20.7 Å². The summed E-state index contributed by atoms with van der Waals surface area (Å²) in [6.07, 6.45) is -0.454. The molecule has 0 aliphatic heterocycles.